The summed E-state index contributed by atoms with van der Waals surface area (Å²) in [6.45, 7) is 0. The molecule has 34 heavy (non-hydrogen) atoms. The molecule has 0 atom stereocenters. The minimum absolute atomic E-state index is 0.178. The molecule has 1 heterocycles. The van der Waals surface area contributed by atoms with Crippen LogP contribution in [-0.2, 0) is 0 Å². The summed E-state index contributed by atoms with van der Waals surface area (Å²) in [5.74, 6) is -0.178. The Bertz CT molecular complexity index is 1390. The van der Waals surface area contributed by atoms with Gasteiger partial charge in [-0.25, -0.2) is 0 Å². The molecule has 1 saturated carbocycles. The Labute approximate surface area is 197 Å². The molecule has 0 spiro atoms. The van der Waals surface area contributed by atoms with E-state index in [1.165, 1.54) is 0 Å². The number of nitrogens with zero attached hydrogens (tertiary/aromatic N) is 2. The second-order valence-electron chi connectivity index (χ2n) is 8.51. The van der Waals surface area contributed by atoms with Crippen LogP contribution in [0.5, 0.6) is 0 Å². The van der Waals surface area contributed by atoms with Gasteiger partial charge in [0.2, 0.25) is 0 Å². The van der Waals surface area contributed by atoms with Gasteiger partial charge in [0.15, 0.2) is 0 Å². The lowest BCUT2D eigenvalue weighted by atomic mass is 9.87. The van der Waals surface area contributed by atoms with E-state index < -0.39 is 0 Å². The molecule has 0 bridgehead atoms. The highest BCUT2D eigenvalue weighted by atomic mass is 16.1. The fraction of sp³-hybridized carbons (Fsp3) is 0.148. The van der Waals surface area contributed by atoms with Crippen LogP contribution < -0.4 is 21.7 Å². The van der Waals surface area contributed by atoms with E-state index in [0.717, 1.165) is 46.5 Å². The SMILES string of the molecule is N#Cc1ccc2nccc(Nc3ccc(C(=O)Nc4cccc(NC5CC(N)C5)c4)cc3)c2c1. The highest BCUT2D eigenvalue weighted by Gasteiger charge is 2.25. The Kier molecular flexibility index (Phi) is 5.81. The van der Waals surface area contributed by atoms with E-state index in [1.807, 2.05) is 54.6 Å². The Hall–Kier alpha value is -4.41. The molecular formula is C27H24N6O. The molecule has 5 rings (SSSR count). The van der Waals surface area contributed by atoms with Crippen LogP contribution in [0.3, 0.4) is 0 Å². The number of hydrogen-bond acceptors (Lipinski definition) is 6. The number of aromatic nitrogens is 1. The van der Waals surface area contributed by atoms with Crippen LogP contribution in [0.25, 0.3) is 10.9 Å². The molecule has 7 nitrogen and oxygen atoms in total. The van der Waals surface area contributed by atoms with Gasteiger partial charge in [-0.1, -0.05) is 6.07 Å². The standard InChI is InChI=1S/C27H24N6O/c28-16-17-4-9-25-24(12-17)26(10-11-30-25)32-20-7-5-18(6-8-20)27(34)33-22-3-1-2-21(15-22)31-23-13-19(29)14-23/h1-12,15,19,23,31H,13-14,29H2,(H,30,32)(H,33,34). The maximum Gasteiger partial charge on any atom is 0.255 e. The summed E-state index contributed by atoms with van der Waals surface area (Å²) < 4.78 is 0. The van der Waals surface area contributed by atoms with E-state index in [2.05, 4.69) is 27.0 Å². The number of rotatable bonds is 6. The van der Waals surface area contributed by atoms with Gasteiger partial charge in [0.05, 0.1) is 17.1 Å². The zero-order valence-electron chi connectivity index (χ0n) is 18.5. The van der Waals surface area contributed by atoms with E-state index in [0.29, 0.717) is 17.2 Å². The lowest BCUT2D eigenvalue weighted by Crippen LogP contribution is -2.44. The van der Waals surface area contributed by atoms with Crippen LogP contribution in [0.15, 0.2) is 79.0 Å². The molecule has 168 valence electrons. The van der Waals surface area contributed by atoms with Crippen molar-refractivity contribution in [1.82, 2.24) is 4.98 Å². The van der Waals surface area contributed by atoms with Crippen LogP contribution in [0.1, 0.15) is 28.8 Å². The number of amides is 1. The van der Waals surface area contributed by atoms with E-state index in [1.54, 1.807) is 24.4 Å². The molecular weight excluding hydrogens is 424 g/mol. The number of nitriles is 1. The normalized spacial score (nSPS) is 16.8. The second-order valence-corrected chi connectivity index (χ2v) is 8.51. The van der Waals surface area contributed by atoms with E-state index >= 15 is 0 Å². The number of fused-ring (bicyclic) bond motifs is 1. The smallest absolute Gasteiger partial charge is 0.255 e. The van der Waals surface area contributed by atoms with Gasteiger partial charge in [0.1, 0.15) is 0 Å². The quantitative estimate of drug-likeness (QED) is 0.330. The number of hydrogen-bond donors (Lipinski definition) is 4. The van der Waals surface area contributed by atoms with Gasteiger partial charge in [-0.15, -0.1) is 0 Å². The Balaban J connectivity index is 1.26. The molecule has 0 radical (unpaired) electrons. The van der Waals surface area contributed by atoms with Crippen LogP contribution in [-0.4, -0.2) is 23.0 Å². The largest absolute Gasteiger partial charge is 0.382 e. The first-order valence-electron chi connectivity index (χ1n) is 11.2. The zero-order valence-corrected chi connectivity index (χ0v) is 18.5. The second kappa shape index (κ2) is 9.22. The topological polar surface area (TPSA) is 116 Å². The van der Waals surface area contributed by atoms with Gasteiger partial charge < -0.3 is 21.7 Å². The molecule has 1 amide bonds. The van der Waals surface area contributed by atoms with Crippen molar-refractivity contribution in [2.24, 2.45) is 5.73 Å². The summed E-state index contributed by atoms with van der Waals surface area (Å²) in [5.41, 5.74) is 11.2. The molecule has 1 aliphatic rings. The van der Waals surface area contributed by atoms with E-state index in [9.17, 15) is 10.1 Å². The lowest BCUT2D eigenvalue weighted by Gasteiger charge is -2.33. The summed E-state index contributed by atoms with van der Waals surface area (Å²) >= 11 is 0. The van der Waals surface area contributed by atoms with Gasteiger partial charge in [0.25, 0.3) is 5.91 Å². The number of carbonyl (C=O) groups excluding carboxylic acids is 1. The number of benzene rings is 3. The van der Waals surface area contributed by atoms with Crippen LogP contribution >= 0.6 is 0 Å². The number of nitrogens with two attached hydrogens (primary N) is 1. The zero-order chi connectivity index (χ0) is 23.5. The maximum atomic E-state index is 12.8. The molecule has 5 N–H and O–H groups in total. The highest BCUT2D eigenvalue weighted by Crippen LogP contribution is 2.27. The number of pyridine rings is 1. The summed E-state index contributed by atoms with van der Waals surface area (Å²) in [7, 11) is 0. The molecule has 1 fully saturated rings. The van der Waals surface area contributed by atoms with Crippen LogP contribution in [0.4, 0.5) is 22.7 Å². The molecule has 0 unspecified atom stereocenters. The first-order valence-corrected chi connectivity index (χ1v) is 11.2. The van der Waals surface area contributed by atoms with Crippen molar-refractivity contribution in [3.63, 3.8) is 0 Å². The third-order valence-electron chi connectivity index (χ3n) is 5.96. The van der Waals surface area contributed by atoms with Crippen molar-refractivity contribution in [1.29, 1.82) is 5.26 Å². The molecule has 0 aliphatic heterocycles. The average Bonchev–Trinajstić information content (AvgIpc) is 2.84. The molecule has 1 aromatic heterocycles. The van der Waals surface area contributed by atoms with Crippen LogP contribution in [0.2, 0.25) is 0 Å². The minimum Gasteiger partial charge on any atom is -0.382 e. The number of carbonyl (C=O) groups is 1. The van der Waals surface area contributed by atoms with Crippen molar-refractivity contribution in [3.05, 3.63) is 90.1 Å². The average molecular weight is 449 g/mol. The highest BCUT2D eigenvalue weighted by molar-refractivity contribution is 6.04. The van der Waals surface area contributed by atoms with Crippen molar-refractivity contribution in [2.45, 2.75) is 24.9 Å². The van der Waals surface area contributed by atoms with Crippen LogP contribution in [0, 0.1) is 11.3 Å². The predicted molar refractivity (Wildman–Crippen MR) is 135 cm³/mol. The van der Waals surface area contributed by atoms with Crippen molar-refractivity contribution in [2.75, 3.05) is 16.0 Å². The summed E-state index contributed by atoms with van der Waals surface area (Å²) in [6.07, 6.45) is 3.65. The van der Waals surface area contributed by atoms with E-state index in [-0.39, 0.29) is 11.9 Å². The number of nitrogens with one attached hydrogen (secondary N) is 3. The van der Waals surface area contributed by atoms with Crippen molar-refractivity contribution >= 4 is 39.6 Å². The monoisotopic (exact) mass is 448 g/mol. The summed E-state index contributed by atoms with van der Waals surface area (Å²) in [5, 5.41) is 19.8. The van der Waals surface area contributed by atoms with Gasteiger partial charge in [-0.05, 0) is 79.6 Å². The third kappa shape index (κ3) is 4.68. The Morgan fingerprint density at radius 3 is 2.53 bits per heavy atom. The van der Waals surface area contributed by atoms with E-state index in [4.69, 9.17) is 5.73 Å². The first kappa shape index (κ1) is 21.4. The minimum atomic E-state index is -0.178. The fourth-order valence-electron chi connectivity index (χ4n) is 4.09. The molecule has 4 aromatic rings. The molecule has 3 aromatic carbocycles. The maximum absolute atomic E-state index is 12.8. The lowest BCUT2D eigenvalue weighted by molar-refractivity contribution is 0.102. The van der Waals surface area contributed by atoms with Crippen molar-refractivity contribution < 1.29 is 4.79 Å². The van der Waals surface area contributed by atoms with Gasteiger partial charge >= 0.3 is 0 Å². The van der Waals surface area contributed by atoms with Crippen molar-refractivity contribution in [3.8, 4) is 6.07 Å². The fourth-order valence-corrected chi connectivity index (χ4v) is 4.09. The molecule has 7 heteroatoms. The predicted octanol–water partition coefficient (Wildman–Crippen LogP) is 5.00. The Morgan fingerprint density at radius 2 is 1.76 bits per heavy atom. The summed E-state index contributed by atoms with van der Waals surface area (Å²) in [4.78, 5) is 17.1. The van der Waals surface area contributed by atoms with Gasteiger partial charge in [0, 0.05) is 52.0 Å². The van der Waals surface area contributed by atoms with Gasteiger partial charge in [-0.2, -0.15) is 5.26 Å². The van der Waals surface area contributed by atoms with Gasteiger partial charge in [-0.3, -0.25) is 9.78 Å². The molecule has 1 aliphatic carbocycles. The Morgan fingerprint density at radius 1 is 0.971 bits per heavy atom. The third-order valence-corrected chi connectivity index (χ3v) is 5.96. The molecule has 0 saturated heterocycles. The summed E-state index contributed by atoms with van der Waals surface area (Å²) in [6, 6.07) is 25.1. The number of anilines is 4. The first-order chi connectivity index (χ1) is 16.6.